The van der Waals surface area contributed by atoms with Crippen molar-refractivity contribution in [3.05, 3.63) is 0 Å². The molecule has 0 atom stereocenters. The first-order valence-corrected chi connectivity index (χ1v) is 3.89. The van der Waals surface area contributed by atoms with Gasteiger partial charge in [-0.05, 0) is 0 Å². The van der Waals surface area contributed by atoms with Crippen molar-refractivity contribution in [2.45, 2.75) is 32.6 Å². The van der Waals surface area contributed by atoms with Gasteiger partial charge in [0.2, 0.25) is 5.78 Å². The van der Waals surface area contributed by atoms with Gasteiger partial charge in [0, 0.05) is 5.41 Å². The number of alkyl halides is 4. The van der Waals surface area contributed by atoms with Gasteiger partial charge in [0.05, 0.1) is 0 Å². The van der Waals surface area contributed by atoms with Crippen LogP contribution < -0.4 is 0 Å². The fourth-order valence-corrected chi connectivity index (χ4v) is 0.748. The second-order valence-electron chi connectivity index (χ2n) is 4.03. The number of aliphatic carboxylic acids is 1. The molecule has 0 fully saturated rings. The molecule has 0 rings (SSSR count). The van der Waals surface area contributed by atoms with Gasteiger partial charge in [-0.15, -0.1) is 0 Å². The zero-order chi connectivity index (χ0) is 12.7. The highest BCUT2D eigenvalue weighted by Gasteiger charge is 2.68. The van der Waals surface area contributed by atoms with Crippen molar-refractivity contribution in [2.75, 3.05) is 0 Å². The van der Waals surface area contributed by atoms with Crippen LogP contribution in [0.4, 0.5) is 17.6 Å². The number of hydrogen-bond acceptors (Lipinski definition) is 2. The Balaban J connectivity index is 5.33. The highest BCUT2D eigenvalue weighted by Crippen LogP contribution is 2.39. The van der Waals surface area contributed by atoms with Gasteiger partial charge < -0.3 is 5.11 Å². The minimum atomic E-state index is -5.39. The van der Waals surface area contributed by atoms with Crippen LogP contribution in [0.15, 0.2) is 0 Å². The molecule has 0 aromatic heterocycles. The fraction of sp³-hybridized carbons (Fsp3) is 0.750. The summed E-state index contributed by atoms with van der Waals surface area (Å²) in [4.78, 5) is 20.9. The first-order chi connectivity index (χ1) is 6.35. The van der Waals surface area contributed by atoms with Gasteiger partial charge in [-0.3, -0.25) is 4.79 Å². The summed E-state index contributed by atoms with van der Waals surface area (Å²) >= 11 is 0. The largest absolute Gasteiger partial charge is 0.477 e. The van der Waals surface area contributed by atoms with Crippen molar-refractivity contribution in [3.63, 3.8) is 0 Å². The van der Waals surface area contributed by atoms with Crippen LogP contribution in [-0.2, 0) is 9.59 Å². The van der Waals surface area contributed by atoms with Crippen molar-refractivity contribution >= 4 is 11.8 Å². The zero-order valence-electron chi connectivity index (χ0n) is 8.28. The average Bonchev–Trinajstić information content (AvgIpc) is 2.00. The van der Waals surface area contributed by atoms with Gasteiger partial charge >= 0.3 is 17.8 Å². The number of carbonyl (C=O) groups excluding carboxylic acids is 1. The number of carbonyl (C=O) groups is 2. The second kappa shape index (κ2) is 3.46. The van der Waals surface area contributed by atoms with Gasteiger partial charge in [-0.1, -0.05) is 20.8 Å². The summed E-state index contributed by atoms with van der Waals surface area (Å²) in [6.45, 7) is 3.00. The molecule has 3 nitrogen and oxygen atoms in total. The van der Waals surface area contributed by atoms with E-state index in [-0.39, 0.29) is 0 Å². The van der Waals surface area contributed by atoms with Crippen molar-refractivity contribution in [1.29, 1.82) is 0 Å². The molecule has 0 aromatic rings. The van der Waals surface area contributed by atoms with Crippen molar-refractivity contribution in [3.8, 4) is 0 Å². The molecule has 0 radical (unpaired) electrons. The van der Waals surface area contributed by atoms with E-state index in [2.05, 4.69) is 0 Å². The van der Waals surface area contributed by atoms with Crippen LogP contribution in [0.25, 0.3) is 0 Å². The molecule has 0 aliphatic rings. The summed E-state index contributed by atoms with van der Waals surface area (Å²) in [6, 6.07) is 0. The smallest absolute Gasteiger partial charge is 0.411 e. The third kappa shape index (κ3) is 2.27. The Morgan fingerprint density at radius 1 is 0.933 bits per heavy atom. The fourth-order valence-electron chi connectivity index (χ4n) is 0.748. The molecule has 1 N–H and O–H groups in total. The maximum atomic E-state index is 12.9. The van der Waals surface area contributed by atoms with E-state index in [0.717, 1.165) is 20.8 Å². The van der Waals surface area contributed by atoms with Crippen molar-refractivity contribution in [1.82, 2.24) is 0 Å². The third-order valence-corrected chi connectivity index (χ3v) is 1.63. The molecule has 88 valence electrons. The molecule has 0 aromatic carbocycles. The van der Waals surface area contributed by atoms with E-state index in [1.54, 1.807) is 0 Å². The lowest BCUT2D eigenvalue weighted by Gasteiger charge is -2.27. The highest BCUT2D eigenvalue weighted by atomic mass is 19.3. The molecule has 0 heterocycles. The van der Waals surface area contributed by atoms with E-state index in [4.69, 9.17) is 5.11 Å². The van der Waals surface area contributed by atoms with Crippen molar-refractivity contribution in [2.24, 2.45) is 5.41 Å². The van der Waals surface area contributed by atoms with E-state index in [1.807, 2.05) is 0 Å². The summed E-state index contributed by atoms with van der Waals surface area (Å²) < 4.78 is 50.8. The Labute approximate surface area is 83.1 Å². The minimum Gasteiger partial charge on any atom is -0.477 e. The summed E-state index contributed by atoms with van der Waals surface area (Å²) in [6.07, 6.45) is 0. The predicted molar refractivity (Wildman–Crippen MR) is 42.0 cm³/mol. The Morgan fingerprint density at radius 2 is 1.27 bits per heavy atom. The molecule has 7 heteroatoms. The van der Waals surface area contributed by atoms with Gasteiger partial charge in [-0.2, -0.15) is 17.6 Å². The van der Waals surface area contributed by atoms with Crippen LogP contribution in [0, 0.1) is 5.41 Å². The molecule has 15 heavy (non-hydrogen) atoms. The monoisotopic (exact) mass is 230 g/mol. The Morgan fingerprint density at radius 3 is 1.47 bits per heavy atom. The number of carboxylic acid groups (broad SMARTS) is 1. The number of halogens is 4. The molecule has 0 amide bonds. The first-order valence-electron chi connectivity index (χ1n) is 3.89. The van der Waals surface area contributed by atoms with Crippen LogP contribution >= 0.6 is 0 Å². The maximum Gasteiger partial charge on any atom is 0.411 e. The van der Waals surface area contributed by atoms with Crippen molar-refractivity contribution < 1.29 is 32.3 Å². The lowest BCUT2D eigenvalue weighted by Crippen LogP contribution is -2.55. The summed E-state index contributed by atoms with van der Waals surface area (Å²) in [5.74, 6) is -15.7. The topological polar surface area (TPSA) is 54.4 Å². The maximum absolute atomic E-state index is 12.9. The lowest BCUT2D eigenvalue weighted by molar-refractivity contribution is -0.224. The second-order valence-corrected chi connectivity index (χ2v) is 4.03. The number of carboxylic acids is 1. The zero-order valence-corrected chi connectivity index (χ0v) is 8.28. The summed E-state index contributed by atoms with van der Waals surface area (Å²) in [5, 5.41) is 7.91. The normalized spacial score (nSPS) is 13.8. The van der Waals surface area contributed by atoms with E-state index in [1.165, 1.54) is 0 Å². The third-order valence-electron chi connectivity index (χ3n) is 1.63. The molecule has 0 saturated heterocycles. The van der Waals surface area contributed by atoms with Crippen LogP contribution in [0.5, 0.6) is 0 Å². The number of hydrogen-bond donors (Lipinski definition) is 1. The van der Waals surface area contributed by atoms with Crippen LogP contribution in [0.1, 0.15) is 20.8 Å². The van der Waals surface area contributed by atoms with E-state index in [0.29, 0.717) is 0 Å². The highest BCUT2D eigenvalue weighted by molar-refractivity contribution is 5.96. The van der Waals surface area contributed by atoms with E-state index in [9.17, 15) is 27.2 Å². The molecular formula is C8H10F4O3. The SMILES string of the molecule is CC(C)(C)C(=O)C(F)(F)C(F)(F)C(=O)O. The summed E-state index contributed by atoms with van der Waals surface area (Å²) in [5.41, 5.74) is -1.75. The molecular weight excluding hydrogens is 220 g/mol. The number of Topliss-reactive ketones (excluding diaryl/α,β-unsaturated/α-hetero) is 1. The molecule has 0 aliphatic carbocycles. The molecule has 0 aliphatic heterocycles. The standard InChI is InChI=1S/C8H10F4O3/c1-6(2,3)4(13)7(9,10)8(11,12)5(14)15/h1-3H3,(H,14,15). The van der Waals surface area contributed by atoms with Gasteiger partial charge in [0.1, 0.15) is 0 Å². The Kier molecular flexibility index (Phi) is 3.20. The van der Waals surface area contributed by atoms with E-state index >= 15 is 0 Å². The molecule has 0 spiro atoms. The van der Waals surface area contributed by atoms with Gasteiger partial charge in [0.15, 0.2) is 0 Å². The number of ketones is 1. The number of rotatable bonds is 3. The van der Waals surface area contributed by atoms with Gasteiger partial charge in [-0.25, -0.2) is 4.79 Å². The van der Waals surface area contributed by atoms with Crippen LogP contribution in [0.3, 0.4) is 0 Å². The Hall–Kier alpha value is -1.14. The van der Waals surface area contributed by atoms with Gasteiger partial charge in [0.25, 0.3) is 0 Å². The van der Waals surface area contributed by atoms with Crippen LogP contribution in [-0.4, -0.2) is 28.7 Å². The average molecular weight is 230 g/mol. The predicted octanol–water partition coefficient (Wildman–Crippen LogP) is 1.96. The van der Waals surface area contributed by atoms with E-state index < -0.39 is 29.0 Å². The quantitative estimate of drug-likeness (QED) is 0.754. The molecule has 0 saturated carbocycles. The lowest BCUT2D eigenvalue weighted by atomic mass is 9.85. The Bertz CT molecular complexity index is 291. The van der Waals surface area contributed by atoms with Crippen LogP contribution in [0.2, 0.25) is 0 Å². The first kappa shape index (κ1) is 13.9. The summed E-state index contributed by atoms with van der Waals surface area (Å²) in [7, 11) is 0. The molecule has 0 bridgehead atoms. The minimum absolute atomic E-state index is 1.00. The molecule has 0 unspecified atom stereocenters.